The van der Waals surface area contributed by atoms with E-state index in [1.54, 1.807) is 35.1 Å². The maximum atomic E-state index is 12.5. The van der Waals surface area contributed by atoms with Crippen LogP contribution in [0.5, 0.6) is 0 Å². The molecule has 7 nitrogen and oxygen atoms in total. The Morgan fingerprint density at radius 2 is 2.08 bits per heavy atom. The molecule has 0 saturated carbocycles. The molecule has 1 saturated heterocycles. The first-order valence-corrected chi connectivity index (χ1v) is 9.00. The topological polar surface area (TPSA) is 93.3 Å². The minimum atomic E-state index is -0.364. The van der Waals surface area contributed by atoms with E-state index in [2.05, 4.69) is 10.4 Å². The highest BCUT2D eigenvalue weighted by molar-refractivity contribution is 6.42. The molecule has 2 heterocycles. The van der Waals surface area contributed by atoms with Gasteiger partial charge in [0.2, 0.25) is 5.91 Å². The Kier molecular flexibility index (Phi) is 5.80. The fourth-order valence-corrected chi connectivity index (χ4v) is 3.31. The van der Waals surface area contributed by atoms with Crippen LogP contribution in [0.2, 0.25) is 10.0 Å². The fourth-order valence-electron chi connectivity index (χ4n) is 3.01. The number of hydrogen-bond donors (Lipinski definition) is 2. The summed E-state index contributed by atoms with van der Waals surface area (Å²) in [4.78, 5) is 25.5. The molecule has 1 atom stereocenters. The Labute approximate surface area is 161 Å². The van der Waals surface area contributed by atoms with Crippen LogP contribution < -0.4 is 11.1 Å². The molecule has 1 aromatic carbocycles. The lowest BCUT2D eigenvalue weighted by atomic mass is 10.1. The molecular formula is C17H19Cl2N5O2. The summed E-state index contributed by atoms with van der Waals surface area (Å²) in [6.45, 7) is 1.61. The van der Waals surface area contributed by atoms with Crippen molar-refractivity contribution in [3.8, 4) is 5.69 Å². The summed E-state index contributed by atoms with van der Waals surface area (Å²) in [6.07, 6.45) is 3.44. The van der Waals surface area contributed by atoms with Crippen molar-refractivity contribution in [2.45, 2.75) is 18.9 Å². The molecule has 1 fully saturated rings. The van der Waals surface area contributed by atoms with Gasteiger partial charge in [-0.1, -0.05) is 23.2 Å². The van der Waals surface area contributed by atoms with Gasteiger partial charge in [0.25, 0.3) is 5.91 Å². The second-order valence-electron chi connectivity index (χ2n) is 6.26. The first-order valence-electron chi connectivity index (χ1n) is 8.25. The largest absolute Gasteiger partial charge is 0.369 e. The Bertz CT molecular complexity index is 823. The lowest BCUT2D eigenvalue weighted by molar-refractivity contribution is -0.119. The van der Waals surface area contributed by atoms with Gasteiger partial charge < -0.3 is 11.1 Å². The van der Waals surface area contributed by atoms with Crippen LogP contribution in [0.1, 0.15) is 23.3 Å². The van der Waals surface area contributed by atoms with Crippen molar-refractivity contribution in [3.63, 3.8) is 0 Å². The molecule has 3 rings (SSSR count). The molecule has 0 bridgehead atoms. The quantitative estimate of drug-likeness (QED) is 0.807. The average Bonchev–Trinajstić information content (AvgIpc) is 3.07. The Morgan fingerprint density at radius 1 is 1.27 bits per heavy atom. The minimum Gasteiger partial charge on any atom is -0.369 e. The molecule has 1 aliphatic rings. The number of aromatic nitrogens is 2. The van der Waals surface area contributed by atoms with Crippen LogP contribution in [-0.2, 0) is 4.79 Å². The summed E-state index contributed by atoms with van der Waals surface area (Å²) in [5, 5.41) is 8.14. The highest BCUT2D eigenvalue weighted by Gasteiger charge is 2.23. The van der Waals surface area contributed by atoms with Crippen molar-refractivity contribution in [1.82, 2.24) is 20.0 Å². The number of nitrogens with zero attached hydrogens (tertiary/aromatic N) is 3. The molecule has 1 aromatic heterocycles. The second-order valence-corrected chi connectivity index (χ2v) is 7.07. The van der Waals surface area contributed by atoms with Gasteiger partial charge in [-0.15, -0.1) is 0 Å². The van der Waals surface area contributed by atoms with Crippen LogP contribution in [0.15, 0.2) is 30.5 Å². The van der Waals surface area contributed by atoms with Gasteiger partial charge in [-0.25, -0.2) is 4.68 Å². The summed E-state index contributed by atoms with van der Waals surface area (Å²) >= 11 is 11.9. The van der Waals surface area contributed by atoms with Gasteiger partial charge >= 0.3 is 0 Å². The SMILES string of the molecule is NC(=O)CN1CCCC(NC(=O)c2ccn(-c3ccc(Cl)c(Cl)c3)n2)C1. The van der Waals surface area contributed by atoms with Crippen LogP contribution in [0.3, 0.4) is 0 Å². The molecule has 2 amide bonds. The van der Waals surface area contributed by atoms with Crippen LogP contribution >= 0.6 is 23.2 Å². The molecular weight excluding hydrogens is 377 g/mol. The van der Waals surface area contributed by atoms with Crippen molar-refractivity contribution >= 4 is 35.0 Å². The van der Waals surface area contributed by atoms with Gasteiger partial charge in [0.15, 0.2) is 5.69 Å². The van der Waals surface area contributed by atoms with Crippen molar-refractivity contribution in [1.29, 1.82) is 0 Å². The maximum Gasteiger partial charge on any atom is 0.272 e. The summed E-state index contributed by atoms with van der Waals surface area (Å²) in [6, 6.07) is 6.73. The Balaban J connectivity index is 1.64. The number of carbonyl (C=O) groups is 2. The first-order chi connectivity index (χ1) is 12.4. The third-order valence-corrected chi connectivity index (χ3v) is 4.95. The van der Waals surface area contributed by atoms with E-state index in [0.29, 0.717) is 28.0 Å². The molecule has 3 N–H and O–H groups in total. The third-order valence-electron chi connectivity index (χ3n) is 4.21. The minimum absolute atomic E-state index is 0.0364. The number of nitrogens with two attached hydrogens (primary N) is 1. The van der Waals surface area contributed by atoms with Gasteiger partial charge in [0.1, 0.15) is 0 Å². The number of primary amides is 1. The van der Waals surface area contributed by atoms with E-state index < -0.39 is 0 Å². The number of piperidine rings is 1. The standard InChI is InChI=1S/C17H19Cl2N5O2/c18-13-4-3-12(8-14(13)19)24-7-5-15(22-24)17(26)21-11-2-1-6-23(9-11)10-16(20)25/h3-5,7-8,11H,1-2,6,9-10H2,(H2,20,25)(H,21,26). The fraction of sp³-hybridized carbons (Fsp3) is 0.353. The number of rotatable bonds is 5. The highest BCUT2D eigenvalue weighted by atomic mass is 35.5. The lowest BCUT2D eigenvalue weighted by Gasteiger charge is -2.32. The van der Waals surface area contributed by atoms with Crippen LogP contribution in [0.4, 0.5) is 0 Å². The number of carbonyl (C=O) groups excluding carboxylic acids is 2. The van der Waals surface area contributed by atoms with Crippen molar-refractivity contribution < 1.29 is 9.59 Å². The molecule has 1 unspecified atom stereocenters. The van der Waals surface area contributed by atoms with E-state index >= 15 is 0 Å². The van der Waals surface area contributed by atoms with E-state index in [9.17, 15) is 9.59 Å². The predicted octanol–water partition coefficient (Wildman–Crippen LogP) is 1.86. The average molecular weight is 396 g/mol. The Hall–Kier alpha value is -2.09. The monoisotopic (exact) mass is 395 g/mol. The number of likely N-dealkylation sites (tertiary alicyclic amines) is 1. The number of amides is 2. The maximum absolute atomic E-state index is 12.5. The van der Waals surface area contributed by atoms with Gasteiger partial charge in [-0.2, -0.15) is 5.10 Å². The van der Waals surface area contributed by atoms with Crippen LogP contribution in [0, 0.1) is 0 Å². The first kappa shape index (κ1) is 18.7. The second kappa shape index (κ2) is 8.07. The third kappa shape index (κ3) is 4.55. The summed E-state index contributed by atoms with van der Waals surface area (Å²) in [5.41, 5.74) is 6.26. The zero-order chi connectivity index (χ0) is 18.7. The highest BCUT2D eigenvalue weighted by Crippen LogP contribution is 2.24. The number of halogens is 2. The zero-order valence-corrected chi connectivity index (χ0v) is 15.5. The van der Waals surface area contributed by atoms with Crippen molar-refractivity contribution in [2.24, 2.45) is 5.73 Å². The van der Waals surface area contributed by atoms with Gasteiger partial charge in [-0.05, 0) is 43.7 Å². The summed E-state index contributed by atoms with van der Waals surface area (Å²) in [5.74, 6) is -0.618. The molecule has 9 heteroatoms. The van der Waals surface area contributed by atoms with E-state index in [4.69, 9.17) is 28.9 Å². The van der Waals surface area contributed by atoms with E-state index in [0.717, 1.165) is 19.4 Å². The van der Waals surface area contributed by atoms with Gasteiger partial charge in [0, 0.05) is 18.8 Å². The summed E-state index contributed by atoms with van der Waals surface area (Å²) < 4.78 is 1.57. The normalized spacial score (nSPS) is 17.8. The molecule has 1 aliphatic heterocycles. The van der Waals surface area contributed by atoms with Crippen LogP contribution in [0.25, 0.3) is 5.69 Å². The van der Waals surface area contributed by atoms with Gasteiger partial charge in [-0.3, -0.25) is 14.5 Å². The molecule has 0 aliphatic carbocycles. The molecule has 0 spiro atoms. The summed E-state index contributed by atoms with van der Waals surface area (Å²) in [7, 11) is 0. The van der Waals surface area contributed by atoms with Crippen molar-refractivity contribution in [2.75, 3.05) is 19.6 Å². The van der Waals surface area contributed by atoms with E-state index in [-0.39, 0.29) is 24.4 Å². The zero-order valence-electron chi connectivity index (χ0n) is 14.0. The van der Waals surface area contributed by atoms with Crippen LogP contribution in [-0.4, -0.2) is 52.2 Å². The molecule has 2 aromatic rings. The number of benzene rings is 1. The molecule has 0 radical (unpaired) electrons. The predicted molar refractivity (Wildman–Crippen MR) is 99.7 cm³/mol. The lowest BCUT2D eigenvalue weighted by Crippen LogP contribution is -2.49. The van der Waals surface area contributed by atoms with E-state index in [1.807, 2.05) is 4.90 Å². The Morgan fingerprint density at radius 3 is 2.81 bits per heavy atom. The number of hydrogen-bond acceptors (Lipinski definition) is 4. The molecule has 138 valence electrons. The van der Waals surface area contributed by atoms with Gasteiger partial charge in [0.05, 0.1) is 22.3 Å². The van der Waals surface area contributed by atoms with E-state index in [1.165, 1.54) is 0 Å². The van der Waals surface area contributed by atoms with Crippen molar-refractivity contribution in [3.05, 3.63) is 46.2 Å². The number of nitrogens with one attached hydrogen (secondary N) is 1. The molecule has 26 heavy (non-hydrogen) atoms. The smallest absolute Gasteiger partial charge is 0.272 e.